The highest BCUT2D eigenvalue weighted by Crippen LogP contribution is 2.20. The molecule has 150 valence electrons. The van der Waals surface area contributed by atoms with Gasteiger partial charge in [-0.05, 0) is 61.4 Å². The third-order valence-electron chi connectivity index (χ3n) is 4.58. The van der Waals surface area contributed by atoms with Gasteiger partial charge in [0.2, 0.25) is 5.91 Å². The molecule has 0 saturated carbocycles. The van der Waals surface area contributed by atoms with Crippen molar-refractivity contribution < 1.29 is 13.9 Å². The maximum Gasteiger partial charge on any atom is 0.267 e. The summed E-state index contributed by atoms with van der Waals surface area (Å²) in [6, 6.07) is 15.7. The van der Waals surface area contributed by atoms with Crippen molar-refractivity contribution in [3.8, 4) is 17.0 Å². The van der Waals surface area contributed by atoms with Crippen LogP contribution in [0.1, 0.15) is 18.5 Å². The number of rotatable bonds is 7. The summed E-state index contributed by atoms with van der Waals surface area (Å²) in [7, 11) is 1.59. The third-order valence-corrected chi connectivity index (χ3v) is 4.58. The molecular weight excluding hydrogens is 373 g/mol. The average Bonchev–Trinajstić information content (AvgIpc) is 2.75. The minimum Gasteiger partial charge on any atom is -0.497 e. The molecule has 6 nitrogen and oxygen atoms in total. The minimum atomic E-state index is -0.770. The summed E-state index contributed by atoms with van der Waals surface area (Å²) in [4.78, 5) is 24.7. The maximum absolute atomic E-state index is 12.9. The van der Waals surface area contributed by atoms with Crippen molar-refractivity contribution in [1.82, 2.24) is 15.1 Å². The molecule has 2 aromatic carbocycles. The number of hydrogen-bond acceptors (Lipinski definition) is 4. The van der Waals surface area contributed by atoms with Gasteiger partial charge < -0.3 is 10.1 Å². The number of nitrogens with one attached hydrogen (secondary N) is 1. The lowest BCUT2D eigenvalue weighted by Gasteiger charge is -2.15. The van der Waals surface area contributed by atoms with Crippen molar-refractivity contribution in [2.75, 3.05) is 13.7 Å². The van der Waals surface area contributed by atoms with E-state index in [0.29, 0.717) is 18.7 Å². The van der Waals surface area contributed by atoms with Gasteiger partial charge in [0, 0.05) is 18.2 Å². The van der Waals surface area contributed by atoms with Crippen molar-refractivity contribution in [3.05, 3.63) is 82.4 Å². The zero-order chi connectivity index (χ0) is 20.8. The molecule has 7 heteroatoms. The van der Waals surface area contributed by atoms with Gasteiger partial charge in [-0.25, -0.2) is 9.07 Å². The predicted octanol–water partition coefficient (Wildman–Crippen LogP) is 2.98. The Labute approximate surface area is 168 Å². The van der Waals surface area contributed by atoms with Gasteiger partial charge in [-0.2, -0.15) is 5.10 Å². The van der Waals surface area contributed by atoms with Gasteiger partial charge in [-0.1, -0.05) is 12.1 Å². The summed E-state index contributed by atoms with van der Waals surface area (Å²) in [5.41, 5.74) is 1.95. The quantitative estimate of drug-likeness (QED) is 0.668. The zero-order valence-electron chi connectivity index (χ0n) is 16.3. The van der Waals surface area contributed by atoms with Crippen LogP contribution in [0.3, 0.4) is 0 Å². The number of aromatic nitrogens is 2. The number of carbonyl (C=O) groups excluding carboxylic acids is 1. The third kappa shape index (κ3) is 5.07. The number of hydrogen-bond donors (Lipinski definition) is 1. The number of halogens is 1. The van der Waals surface area contributed by atoms with E-state index in [9.17, 15) is 14.0 Å². The van der Waals surface area contributed by atoms with Crippen LogP contribution in [0, 0.1) is 5.82 Å². The van der Waals surface area contributed by atoms with Crippen LogP contribution >= 0.6 is 0 Å². The van der Waals surface area contributed by atoms with E-state index in [1.165, 1.54) is 22.9 Å². The summed E-state index contributed by atoms with van der Waals surface area (Å²) in [6.07, 6.45) is 0.562. The van der Waals surface area contributed by atoms with Crippen LogP contribution in [0.4, 0.5) is 4.39 Å². The molecule has 0 spiro atoms. The molecule has 1 atom stereocenters. The first-order chi connectivity index (χ1) is 14.0. The Morgan fingerprint density at radius 3 is 2.45 bits per heavy atom. The maximum atomic E-state index is 12.9. The van der Waals surface area contributed by atoms with Gasteiger partial charge >= 0.3 is 0 Å². The fourth-order valence-electron chi connectivity index (χ4n) is 2.86. The topological polar surface area (TPSA) is 73.2 Å². The highest BCUT2D eigenvalue weighted by Gasteiger charge is 2.17. The number of amides is 1. The zero-order valence-corrected chi connectivity index (χ0v) is 16.3. The van der Waals surface area contributed by atoms with Crippen LogP contribution in [-0.4, -0.2) is 29.3 Å². The van der Waals surface area contributed by atoms with Crippen LogP contribution in [0.2, 0.25) is 0 Å². The molecule has 29 heavy (non-hydrogen) atoms. The second kappa shape index (κ2) is 9.14. The van der Waals surface area contributed by atoms with E-state index in [1.54, 1.807) is 44.4 Å². The number of methoxy groups -OCH3 is 1. The molecule has 0 fully saturated rings. The lowest BCUT2D eigenvalue weighted by atomic mass is 10.1. The first-order valence-corrected chi connectivity index (χ1v) is 9.24. The highest BCUT2D eigenvalue weighted by atomic mass is 19.1. The van der Waals surface area contributed by atoms with Gasteiger partial charge in [0.15, 0.2) is 0 Å². The van der Waals surface area contributed by atoms with E-state index < -0.39 is 6.04 Å². The second-order valence-corrected chi connectivity index (χ2v) is 6.57. The normalized spacial score (nSPS) is 11.7. The highest BCUT2D eigenvalue weighted by molar-refractivity contribution is 5.79. The molecule has 1 unspecified atom stereocenters. The SMILES string of the molecule is COc1ccc(-c2ccc(=O)n(C(C)C(=O)NCCc3ccc(F)cc3)n2)cc1. The average molecular weight is 395 g/mol. The molecule has 0 aliphatic rings. The van der Waals surface area contributed by atoms with Gasteiger partial charge in [0.25, 0.3) is 5.56 Å². The Morgan fingerprint density at radius 2 is 1.79 bits per heavy atom. The van der Waals surface area contributed by atoms with Crippen molar-refractivity contribution in [2.24, 2.45) is 0 Å². The molecule has 1 heterocycles. The summed E-state index contributed by atoms with van der Waals surface area (Å²) in [5.74, 6) is 0.109. The van der Waals surface area contributed by atoms with Gasteiger partial charge in [-0.15, -0.1) is 0 Å². The minimum absolute atomic E-state index is 0.298. The van der Waals surface area contributed by atoms with Gasteiger partial charge in [0.1, 0.15) is 17.6 Å². The standard InChI is InChI=1S/C22H22FN3O3/c1-15(22(28)24-14-13-16-3-7-18(23)8-4-16)26-21(27)12-11-20(25-26)17-5-9-19(29-2)10-6-17/h3-12,15H,13-14H2,1-2H3,(H,24,28). The van der Waals surface area contributed by atoms with Crippen molar-refractivity contribution in [1.29, 1.82) is 0 Å². The lowest BCUT2D eigenvalue weighted by molar-refractivity contribution is -0.124. The molecule has 1 aromatic heterocycles. The second-order valence-electron chi connectivity index (χ2n) is 6.57. The molecule has 1 amide bonds. The molecule has 1 N–H and O–H groups in total. The molecule has 3 aromatic rings. The molecular formula is C22H22FN3O3. The molecule has 0 bridgehead atoms. The van der Waals surface area contributed by atoms with Gasteiger partial charge in [0.05, 0.1) is 12.8 Å². The van der Waals surface area contributed by atoms with Crippen LogP contribution in [-0.2, 0) is 11.2 Å². The van der Waals surface area contributed by atoms with E-state index in [2.05, 4.69) is 10.4 Å². The summed E-state index contributed by atoms with van der Waals surface area (Å²) < 4.78 is 19.3. The van der Waals surface area contributed by atoms with E-state index in [0.717, 1.165) is 16.9 Å². The van der Waals surface area contributed by atoms with E-state index in [4.69, 9.17) is 4.74 Å². The van der Waals surface area contributed by atoms with Gasteiger partial charge in [-0.3, -0.25) is 9.59 Å². The Bertz CT molecular complexity index is 1030. The van der Waals surface area contributed by atoms with Crippen LogP contribution < -0.4 is 15.6 Å². The lowest BCUT2D eigenvalue weighted by Crippen LogP contribution is -2.37. The summed E-state index contributed by atoms with van der Waals surface area (Å²) in [6.45, 7) is 2.00. The monoisotopic (exact) mass is 395 g/mol. The molecule has 0 aliphatic heterocycles. The fourth-order valence-corrected chi connectivity index (χ4v) is 2.86. The van der Waals surface area contributed by atoms with Crippen LogP contribution in [0.25, 0.3) is 11.3 Å². The van der Waals surface area contributed by atoms with Crippen LogP contribution in [0.5, 0.6) is 5.75 Å². The Hall–Kier alpha value is -3.48. The van der Waals surface area contributed by atoms with E-state index in [1.807, 2.05) is 12.1 Å². The van der Waals surface area contributed by atoms with Crippen LogP contribution in [0.15, 0.2) is 65.5 Å². The van der Waals surface area contributed by atoms with Crippen molar-refractivity contribution in [3.63, 3.8) is 0 Å². The fraction of sp³-hybridized carbons (Fsp3) is 0.227. The molecule has 0 aliphatic carbocycles. The Kier molecular flexibility index (Phi) is 6.39. The number of carbonyl (C=O) groups is 1. The van der Waals surface area contributed by atoms with Crippen molar-refractivity contribution in [2.45, 2.75) is 19.4 Å². The Morgan fingerprint density at radius 1 is 1.10 bits per heavy atom. The molecule has 0 saturated heterocycles. The molecule has 3 rings (SSSR count). The van der Waals surface area contributed by atoms with E-state index in [-0.39, 0.29) is 17.3 Å². The number of nitrogens with zero attached hydrogens (tertiary/aromatic N) is 2. The Balaban J connectivity index is 1.68. The van der Waals surface area contributed by atoms with E-state index >= 15 is 0 Å². The van der Waals surface area contributed by atoms with Crippen molar-refractivity contribution >= 4 is 5.91 Å². The number of ether oxygens (including phenoxy) is 1. The largest absolute Gasteiger partial charge is 0.497 e. The summed E-state index contributed by atoms with van der Waals surface area (Å²) in [5, 5.41) is 7.15. The first kappa shape index (κ1) is 20.3. The summed E-state index contributed by atoms with van der Waals surface area (Å²) >= 11 is 0. The predicted molar refractivity (Wildman–Crippen MR) is 108 cm³/mol. The molecule has 0 radical (unpaired) electrons. The first-order valence-electron chi connectivity index (χ1n) is 9.24. The number of benzene rings is 2. The smallest absolute Gasteiger partial charge is 0.267 e.